The normalized spacial score (nSPS) is 17.0. The molecule has 2 aliphatic heterocycles. The van der Waals surface area contributed by atoms with Gasteiger partial charge in [-0.25, -0.2) is 0 Å². The zero-order valence-electron chi connectivity index (χ0n) is 25.9. The van der Waals surface area contributed by atoms with Crippen molar-refractivity contribution in [1.82, 2.24) is 25.2 Å². The minimum absolute atomic E-state index is 0.521. The second-order valence-electron chi connectivity index (χ2n) is 12.1. The van der Waals surface area contributed by atoms with Crippen LogP contribution in [0.2, 0.25) is 0 Å². The molecule has 4 heterocycles. The van der Waals surface area contributed by atoms with Crippen LogP contribution >= 0.6 is 7.14 Å². The Morgan fingerprint density at radius 2 is 1.65 bits per heavy atom. The summed E-state index contributed by atoms with van der Waals surface area (Å²) in [4.78, 5) is 18.3. The number of hydrogen-bond acceptors (Lipinski definition) is 8. The van der Waals surface area contributed by atoms with Crippen LogP contribution in [0.5, 0.6) is 0 Å². The van der Waals surface area contributed by atoms with Crippen molar-refractivity contribution in [2.75, 3.05) is 68.1 Å². The number of para-hydroxylation sites is 1. The van der Waals surface area contributed by atoms with E-state index in [1.54, 1.807) is 13.3 Å². The molecule has 0 spiro atoms. The summed E-state index contributed by atoms with van der Waals surface area (Å²) < 4.78 is 13.0. The van der Waals surface area contributed by atoms with Crippen LogP contribution in [0.4, 0.5) is 28.8 Å². The van der Waals surface area contributed by atoms with Gasteiger partial charge in [0.15, 0.2) is 0 Å². The molecule has 9 nitrogen and oxygen atoms in total. The molecule has 4 N–H and O–H groups in total. The van der Waals surface area contributed by atoms with Gasteiger partial charge in [-0.3, -0.25) is 4.90 Å². The highest BCUT2D eigenvalue weighted by atomic mass is 31.2. The number of benzene rings is 2. The van der Waals surface area contributed by atoms with Crippen molar-refractivity contribution >= 4 is 52.3 Å². The van der Waals surface area contributed by atoms with E-state index in [0.29, 0.717) is 17.8 Å². The van der Waals surface area contributed by atoms with Gasteiger partial charge in [0.25, 0.3) is 0 Å². The summed E-state index contributed by atoms with van der Waals surface area (Å²) >= 11 is 0. The van der Waals surface area contributed by atoms with E-state index in [2.05, 4.69) is 56.7 Å². The molecule has 0 saturated carbocycles. The number of nitrogens with zero attached hydrogens (tertiary/aromatic N) is 4. The summed E-state index contributed by atoms with van der Waals surface area (Å²) in [5.41, 5.74) is 6.55. The maximum absolute atomic E-state index is 13.0. The van der Waals surface area contributed by atoms with E-state index in [4.69, 9.17) is 9.97 Å². The number of piperazine rings is 1. The van der Waals surface area contributed by atoms with Crippen LogP contribution in [0.1, 0.15) is 37.8 Å². The van der Waals surface area contributed by atoms with Crippen LogP contribution in [0, 0.1) is 0 Å². The van der Waals surface area contributed by atoms with Crippen molar-refractivity contribution in [1.29, 1.82) is 0 Å². The van der Waals surface area contributed by atoms with Crippen LogP contribution in [0.15, 0.2) is 48.7 Å². The average molecular weight is 601 g/mol. The third kappa shape index (κ3) is 6.44. The van der Waals surface area contributed by atoms with E-state index < -0.39 is 7.14 Å². The zero-order valence-corrected chi connectivity index (χ0v) is 26.8. The number of nitrogens with one attached hydrogen (secondary N) is 4. The number of aryl methyl sites for hydroxylation is 2. The van der Waals surface area contributed by atoms with Crippen LogP contribution in [0.3, 0.4) is 0 Å². The highest BCUT2D eigenvalue weighted by Crippen LogP contribution is 2.39. The Morgan fingerprint density at radius 1 is 0.907 bits per heavy atom. The van der Waals surface area contributed by atoms with Gasteiger partial charge in [-0.15, -0.1) is 0 Å². The molecule has 0 bridgehead atoms. The molecular formula is C33H45N8OP. The highest BCUT2D eigenvalue weighted by molar-refractivity contribution is 7.70. The van der Waals surface area contributed by atoms with Gasteiger partial charge in [0, 0.05) is 68.2 Å². The number of hydrogen-bond donors (Lipinski definition) is 4. The lowest BCUT2D eigenvalue weighted by Gasteiger charge is -2.41. The van der Waals surface area contributed by atoms with Crippen LogP contribution in [-0.2, 0) is 17.4 Å². The van der Waals surface area contributed by atoms with Crippen molar-refractivity contribution in [3.8, 4) is 0 Å². The van der Waals surface area contributed by atoms with Gasteiger partial charge in [0.1, 0.15) is 18.6 Å². The van der Waals surface area contributed by atoms with Crippen molar-refractivity contribution < 1.29 is 4.57 Å². The van der Waals surface area contributed by atoms with Crippen molar-refractivity contribution in [3.05, 3.63) is 59.8 Å². The first-order chi connectivity index (χ1) is 20.8. The molecule has 0 atom stereocenters. The zero-order chi connectivity index (χ0) is 30.0. The summed E-state index contributed by atoms with van der Waals surface area (Å²) in [5.74, 6) is 1.19. The van der Waals surface area contributed by atoms with Gasteiger partial charge in [-0.1, -0.05) is 26.0 Å². The molecule has 2 fully saturated rings. The number of piperidine rings is 1. The minimum Gasteiger partial charge on any atom is -0.371 e. The highest BCUT2D eigenvalue weighted by Gasteiger charge is 2.27. The first kappa shape index (κ1) is 29.7. The summed E-state index contributed by atoms with van der Waals surface area (Å²) in [6.45, 7) is 14.8. The van der Waals surface area contributed by atoms with Gasteiger partial charge in [-0.05, 0) is 80.5 Å². The first-order valence-electron chi connectivity index (χ1n) is 15.7. The maximum Gasteiger partial charge on any atom is 0.231 e. The number of H-pyrrole nitrogens is 1. The van der Waals surface area contributed by atoms with Crippen LogP contribution in [-0.4, -0.2) is 78.5 Å². The Labute approximate surface area is 255 Å². The van der Waals surface area contributed by atoms with E-state index in [1.165, 1.54) is 42.7 Å². The summed E-state index contributed by atoms with van der Waals surface area (Å²) in [7, 11) is -2.49. The Balaban J connectivity index is 1.26. The standard InChI is InChI=1S/C33H45N8OP/c1-5-23-22-29(41-17-12-25(13-18-41)40-19-15-34-16-20-40)24(6-2)21-28(23)37-33-38-31-26(11-14-35-31)32(39-33)36-27-9-7-8-10-30(27)43(3,4)42/h7-11,14,21-22,25,34H,5-6,12-13,15-20H2,1-4H3,(H3,35,36,37,38,39). The van der Waals surface area contributed by atoms with E-state index in [-0.39, 0.29) is 0 Å². The lowest BCUT2D eigenvalue weighted by atomic mass is 9.97. The molecule has 2 saturated heterocycles. The molecule has 2 aromatic heterocycles. The largest absolute Gasteiger partial charge is 0.371 e. The van der Waals surface area contributed by atoms with Gasteiger partial charge in [0.2, 0.25) is 5.95 Å². The van der Waals surface area contributed by atoms with E-state index in [0.717, 1.165) is 66.7 Å². The summed E-state index contributed by atoms with van der Waals surface area (Å²) in [6.07, 6.45) is 6.18. The smallest absolute Gasteiger partial charge is 0.231 e. The number of rotatable bonds is 9. The Kier molecular flexibility index (Phi) is 8.75. The monoisotopic (exact) mass is 600 g/mol. The van der Waals surface area contributed by atoms with Gasteiger partial charge in [-0.2, -0.15) is 9.97 Å². The minimum atomic E-state index is -2.49. The average Bonchev–Trinajstić information content (AvgIpc) is 3.50. The van der Waals surface area contributed by atoms with Gasteiger partial charge < -0.3 is 30.4 Å². The molecule has 10 heteroatoms. The maximum atomic E-state index is 13.0. The predicted molar refractivity (Wildman–Crippen MR) is 181 cm³/mol. The number of aromatic amines is 1. The molecule has 0 unspecified atom stereocenters. The summed E-state index contributed by atoms with van der Waals surface area (Å²) in [6, 6.07) is 15.1. The fourth-order valence-electron chi connectivity index (χ4n) is 6.57. The van der Waals surface area contributed by atoms with Crippen molar-refractivity contribution in [3.63, 3.8) is 0 Å². The van der Waals surface area contributed by atoms with Gasteiger partial charge >= 0.3 is 0 Å². The molecule has 2 aliphatic rings. The Hall–Kier alpha value is -3.39. The third-order valence-corrected chi connectivity index (χ3v) is 10.5. The molecule has 43 heavy (non-hydrogen) atoms. The Morgan fingerprint density at radius 3 is 2.37 bits per heavy atom. The molecule has 2 aromatic carbocycles. The molecule has 0 aliphatic carbocycles. The second kappa shape index (κ2) is 12.7. The molecule has 0 amide bonds. The van der Waals surface area contributed by atoms with Crippen molar-refractivity contribution in [2.24, 2.45) is 0 Å². The third-order valence-electron chi connectivity index (χ3n) is 8.94. The predicted octanol–water partition coefficient (Wildman–Crippen LogP) is 5.69. The topological polar surface area (TPSA) is 101 Å². The second-order valence-corrected chi connectivity index (χ2v) is 15.3. The molecule has 228 valence electrons. The Bertz CT molecular complexity index is 1610. The van der Waals surface area contributed by atoms with E-state index in [9.17, 15) is 4.57 Å². The number of fused-ring (bicyclic) bond motifs is 1. The fourth-order valence-corrected chi connectivity index (χ4v) is 7.73. The van der Waals surface area contributed by atoms with E-state index >= 15 is 0 Å². The molecular weight excluding hydrogens is 555 g/mol. The fraction of sp³-hybridized carbons (Fsp3) is 0.455. The van der Waals surface area contributed by atoms with Crippen LogP contribution in [0.25, 0.3) is 11.0 Å². The first-order valence-corrected chi connectivity index (χ1v) is 18.3. The lowest BCUT2D eigenvalue weighted by Crippen LogP contribution is -2.52. The number of aromatic nitrogens is 3. The van der Waals surface area contributed by atoms with Gasteiger partial charge in [0.05, 0.1) is 11.1 Å². The summed E-state index contributed by atoms with van der Waals surface area (Å²) in [5, 5.41) is 12.2. The lowest BCUT2D eigenvalue weighted by molar-refractivity contribution is 0.150. The van der Waals surface area contributed by atoms with Crippen LogP contribution < -0.4 is 26.2 Å². The number of anilines is 5. The molecule has 6 rings (SSSR count). The van der Waals surface area contributed by atoms with E-state index in [1.807, 2.05) is 36.5 Å². The quantitative estimate of drug-likeness (QED) is 0.182. The molecule has 4 aromatic rings. The molecule has 0 radical (unpaired) electrons. The SMILES string of the molecule is CCc1cc(N2CCC(N3CCNCC3)CC2)c(CC)cc1Nc1nc(Nc2ccccc2P(C)(C)=O)c2cc[nH]c2n1. The van der Waals surface area contributed by atoms with Crippen molar-refractivity contribution in [2.45, 2.75) is 45.6 Å².